The van der Waals surface area contributed by atoms with E-state index in [1.807, 2.05) is 11.8 Å². The number of likely N-dealkylation sites (tertiary alicyclic amines) is 1. The number of amides is 1. The summed E-state index contributed by atoms with van der Waals surface area (Å²) in [6, 6.07) is 3.29. The van der Waals surface area contributed by atoms with E-state index in [2.05, 4.69) is 20.3 Å². The second-order valence-electron chi connectivity index (χ2n) is 5.86. The Bertz CT molecular complexity index is 695. The van der Waals surface area contributed by atoms with Crippen LogP contribution in [0.15, 0.2) is 26.7 Å². The fraction of sp³-hybridized carbons (Fsp3) is 0.625. The lowest BCUT2D eigenvalue weighted by molar-refractivity contribution is -0.127. The van der Waals surface area contributed by atoms with Gasteiger partial charge in [-0.05, 0) is 31.2 Å². The second-order valence-corrected chi connectivity index (χ2v) is 8.80. The molecule has 1 aromatic rings. The number of thiophene rings is 1. The maximum atomic E-state index is 12.0. The fourth-order valence-corrected chi connectivity index (χ4v) is 4.66. The van der Waals surface area contributed by atoms with Crippen LogP contribution in [0.3, 0.4) is 0 Å². The van der Waals surface area contributed by atoms with Crippen LogP contribution in [-0.2, 0) is 14.8 Å². The minimum Gasteiger partial charge on any atom is -0.357 e. The van der Waals surface area contributed by atoms with Crippen molar-refractivity contribution in [2.45, 2.75) is 30.4 Å². The Hall–Kier alpha value is -0.920. The molecule has 0 saturated carbocycles. The summed E-state index contributed by atoms with van der Waals surface area (Å²) in [5.74, 6) is 0.882. The molecule has 2 heterocycles. The van der Waals surface area contributed by atoms with Gasteiger partial charge in [-0.15, -0.1) is 35.3 Å². The van der Waals surface area contributed by atoms with E-state index >= 15 is 0 Å². The number of hydrogen-bond acceptors (Lipinski definition) is 5. The summed E-state index contributed by atoms with van der Waals surface area (Å²) in [5.41, 5.74) is 0. The summed E-state index contributed by atoms with van der Waals surface area (Å²) in [5, 5.41) is 7.97. The molecule has 3 N–H and O–H groups in total. The maximum absolute atomic E-state index is 12.0. The molecule has 27 heavy (non-hydrogen) atoms. The zero-order valence-electron chi connectivity index (χ0n) is 15.4. The number of carbonyl (C=O) groups is 1. The molecule has 0 spiro atoms. The molecule has 0 radical (unpaired) electrons. The Balaban J connectivity index is 0.00000364. The van der Waals surface area contributed by atoms with Gasteiger partial charge < -0.3 is 15.5 Å². The third-order valence-corrected chi connectivity index (χ3v) is 6.70. The lowest BCUT2D eigenvalue weighted by Crippen LogP contribution is -2.41. The number of carbonyl (C=O) groups excluding carboxylic acids is 1. The molecular weight excluding hydrogens is 501 g/mol. The summed E-state index contributed by atoms with van der Waals surface area (Å²) in [6.07, 6.45) is 2.43. The first kappa shape index (κ1) is 24.1. The van der Waals surface area contributed by atoms with Crippen molar-refractivity contribution in [1.82, 2.24) is 20.3 Å². The highest BCUT2D eigenvalue weighted by molar-refractivity contribution is 14.0. The number of sulfonamides is 1. The third-order valence-electron chi connectivity index (χ3n) is 3.84. The number of aliphatic imine (C=N–C) groups is 1. The van der Waals surface area contributed by atoms with Crippen molar-refractivity contribution in [2.24, 2.45) is 4.99 Å². The maximum Gasteiger partial charge on any atom is 0.250 e. The van der Waals surface area contributed by atoms with Crippen LogP contribution in [0, 0.1) is 0 Å². The van der Waals surface area contributed by atoms with E-state index in [0.29, 0.717) is 29.7 Å². The molecule has 1 saturated heterocycles. The van der Waals surface area contributed by atoms with E-state index < -0.39 is 10.0 Å². The van der Waals surface area contributed by atoms with Gasteiger partial charge in [0, 0.05) is 45.7 Å². The van der Waals surface area contributed by atoms with Gasteiger partial charge >= 0.3 is 0 Å². The number of halogens is 1. The van der Waals surface area contributed by atoms with Gasteiger partial charge in [0.1, 0.15) is 4.21 Å². The SMILES string of the molecule is CCNC(=NCCCN1CCCC1=O)NCCNS(=O)(=O)c1cccs1.I. The highest BCUT2D eigenvalue weighted by Crippen LogP contribution is 2.14. The summed E-state index contributed by atoms with van der Waals surface area (Å²) in [4.78, 5) is 17.9. The summed E-state index contributed by atoms with van der Waals surface area (Å²) < 4.78 is 26.9. The average Bonchev–Trinajstić information content (AvgIpc) is 3.28. The van der Waals surface area contributed by atoms with Crippen LogP contribution in [0.25, 0.3) is 0 Å². The van der Waals surface area contributed by atoms with Crippen molar-refractivity contribution < 1.29 is 13.2 Å². The quantitative estimate of drug-likeness (QED) is 0.183. The molecule has 11 heteroatoms. The Morgan fingerprint density at radius 3 is 2.78 bits per heavy atom. The first-order valence-electron chi connectivity index (χ1n) is 8.86. The highest BCUT2D eigenvalue weighted by Gasteiger charge is 2.18. The van der Waals surface area contributed by atoms with Gasteiger partial charge in [0.25, 0.3) is 0 Å². The van der Waals surface area contributed by atoms with Crippen molar-refractivity contribution in [3.05, 3.63) is 17.5 Å². The molecule has 1 aliphatic heterocycles. The Morgan fingerprint density at radius 1 is 1.33 bits per heavy atom. The van der Waals surface area contributed by atoms with Crippen LogP contribution in [-0.4, -0.2) is 64.5 Å². The lowest BCUT2D eigenvalue weighted by Gasteiger charge is -2.15. The van der Waals surface area contributed by atoms with Crippen molar-refractivity contribution in [2.75, 3.05) is 39.3 Å². The van der Waals surface area contributed by atoms with E-state index in [1.54, 1.807) is 17.5 Å². The Labute approximate surface area is 182 Å². The first-order chi connectivity index (χ1) is 12.5. The van der Waals surface area contributed by atoms with Gasteiger partial charge in [-0.3, -0.25) is 9.79 Å². The molecule has 1 fully saturated rings. The molecule has 0 aliphatic carbocycles. The molecule has 0 atom stereocenters. The van der Waals surface area contributed by atoms with Gasteiger partial charge in [0.05, 0.1) is 0 Å². The van der Waals surface area contributed by atoms with E-state index in [4.69, 9.17) is 0 Å². The molecule has 154 valence electrons. The van der Waals surface area contributed by atoms with Crippen LogP contribution < -0.4 is 15.4 Å². The van der Waals surface area contributed by atoms with E-state index in [0.717, 1.165) is 32.5 Å². The van der Waals surface area contributed by atoms with E-state index in [9.17, 15) is 13.2 Å². The van der Waals surface area contributed by atoms with Crippen LogP contribution >= 0.6 is 35.3 Å². The molecule has 0 bridgehead atoms. The van der Waals surface area contributed by atoms with Gasteiger partial charge in [-0.25, -0.2) is 13.1 Å². The normalized spacial score (nSPS) is 14.9. The third kappa shape index (κ3) is 8.32. The van der Waals surface area contributed by atoms with Crippen molar-refractivity contribution >= 4 is 57.2 Å². The predicted octanol–water partition coefficient (Wildman–Crippen LogP) is 1.21. The van der Waals surface area contributed by atoms with Gasteiger partial charge in [0.2, 0.25) is 15.9 Å². The molecule has 0 aromatic carbocycles. The molecule has 8 nitrogen and oxygen atoms in total. The minimum atomic E-state index is -3.43. The van der Waals surface area contributed by atoms with E-state index in [-0.39, 0.29) is 36.4 Å². The number of rotatable bonds is 10. The largest absolute Gasteiger partial charge is 0.357 e. The van der Waals surface area contributed by atoms with Crippen molar-refractivity contribution in [1.29, 1.82) is 0 Å². The van der Waals surface area contributed by atoms with Crippen molar-refractivity contribution in [3.63, 3.8) is 0 Å². The van der Waals surface area contributed by atoms with Gasteiger partial charge in [-0.1, -0.05) is 6.07 Å². The highest BCUT2D eigenvalue weighted by atomic mass is 127. The van der Waals surface area contributed by atoms with Crippen molar-refractivity contribution in [3.8, 4) is 0 Å². The number of nitrogens with one attached hydrogen (secondary N) is 3. The number of hydrogen-bond donors (Lipinski definition) is 3. The monoisotopic (exact) mass is 529 g/mol. The molecule has 1 aliphatic rings. The zero-order chi connectivity index (χ0) is 18.8. The van der Waals surface area contributed by atoms with Gasteiger partial charge in [0.15, 0.2) is 5.96 Å². The van der Waals surface area contributed by atoms with Gasteiger partial charge in [-0.2, -0.15) is 0 Å². The number of nitrogens with zero attached hydrogens (tertiary/aromatic N) is 2. The summed E-state index contributed by atoms with van der Waals surface area (Å²) >= 11 is 1.19. The predicted molar refractivity (Wildman–Crippen MR) is 119 cm³/mol. The summed E-state index contributed by atoms with van der Waals surface area (Å²) in [7, 11) is -3.43. The minimum absolute atomic E-state index is 0. The average molecular weight is 529 g/mol. The first-order valence-corrected chi connectivity index (χ1v) is 11.2. The molecular formula is C16H28IN5O3S2. The van der Waals surface area contributed by atoms with Crippen LogP contribution in [0.1, 0.15) is 26.2 Å². The number of guanidine groups is 1. The molecule has 1 amide bonds. The Kier molecular flexibility index (Phi) is 11.2. The topological polar surface area (TPSA) is 103 Å². The smallest absolute Gasteiger partial charge is 0.250 e. The lowest BCUT2D eigenvalue weighted by atomic mass is 10.4. The second kappa shape index (κ2) is 12.5. The molecule has 2 rings (SSSR count). The zero-order valence-corrected chi connectivity index (χ0v) is 19.4. The molecule has 1 aromatic heterocycles. The Morgan fingerprint density at radius 2 is 2.15 bits per heavy atom. The summed E-state index contributed by atoms with van der Waals surface area (Å²) in [6.45, 7) is 5.60. The van der Waals surface area contributed by atoms with Crippen LogP contribution in [0.2, 0.25) is 0 Å². The fourth-order valence-electron chi connectivity index (χ4n) is 2.59. The molecule has 0 unspecified atom stereocenters. The van der Waals surface area contributed by atoms with E-state index in [1.165, 1.54) is 11.3 Å². The van der Waals surface area contributed by atoms with Crippen LogP contribution in [0.5, 0.6) is 0 Å². The van der Waals surface area contributed by atoms with Crippen LogP contribution in [0.4, 0.5) is 0 Å². The standard InChI is InChI=1S/C16H27N5O3S2.HI/c1-2-17-16(18-8-5-12-21-11-3-6-14(21)22)19-9-10-20-26(23,24)15-7-4-13-25-15;/h4,7,13,20H,2-3,5-6,8-12H2,1H3,(H2,17,18,19);1H.